The van der Waals surface area contributed by atoms with E-state index in [-0.39, 0.29) is 24.2 Å². The quantitative estimate of drug-likeness (QED) is 0.609. The van der Waals surface area contributed by atoms with E-state index >= 15 is 0 Å². The van der Waals surface area contributed by atoms with E-state index in [9.17, 15) is 5.26 Å². The van der Waals surface area contributed by atoms with Crippen LogP contribution in [0.25, 0.3) is 11.1 Å². The summed E-state index contributed by atoms with van der Waals surface area (Å²) in [6.45, 7) is 8.68. The molecule has 1 aliphatic heterocycles. The molecule has 1 saturated carbocycles. The largest absolute Gasteiger partial charge is 0.494 e. The summed E-state index contributed by atoms with van der Waals surface area (Å²) in [6, 6.07) is 15.4. The minimum atomic E-state index is -0.337. The molecule has 30 heavy (non-hydrogen) atoms. The number of nitriles is 1. The van der Waals surface area contributed by atoms with E-state index in [1.54, 1.807) is 0 Å². The van der Waals surface area contributed by atoms with Crippen molar-refractivity contribution in [1.29, 1.82) is 5.26 Å². The molecule has 2 unspecified atom stereocenters. The molecular weight excluding hydrogens is 369 g/mol. The Hall–Kier alpha value is -2.09. The standard InChI is InChI=1S/C26H30BNO2/c1-17-18(2)29-27(30-25(17,3)4)20-9-11-22-21-10-8-19(16-28)14-23(21)26(24(22)15-20)12-6-5-7-13-26/h8-11,14-15,17-18H,5-7,12-13H2,1-4H3. The van der Waals surface area contributed by atoms with Crippen LogP contribution in [0.1, 0.15) is 76.5 Å². The molecule has 3 aliphatic rings. The maximum Gasteiger partial charge on any atom is 0.494 e. The van der Waals surface area contributed by atoms with Gasteiger partial charge in [0.05, 0.1) is 17.2 Å². The van der Waals surface area contributed by atoms with Gasteiger partial charge in [-0.2, -0.15) is 5.26 Å². The maximum atomic E-state index is 9.50. The third kappa shape index (κ3) is 2.87. The molecule has 1 heterocycles. The fourth-order valence-electron chi connectivity index (χ4n) is 5.86. The summed E-state index contributed by atoms with van der Waals surface area (Å²) < 4.78 is 12.7. The van der Waals surface area contributed by atoms with Crippen LogP contribution >= 0.6 is 0 Å². The highest BCUT2D eigenvalue weighted by atomic mass is 16.6. The van der Waals surface area contributed by atoms with Crippen molar-refractivity contribution in [2.24, 2.45) is 5.92 Å². The zero-order valence-electron chi connectivity index (χ0n) is 18.5. The number of benzene rings is 2. The lowest BCUT2D eigenvalue weighted by molar-refractivity contribution is -0.0724. The molecule has 2 fully saturated rings. The Labute approximate surface area is 180 Å². The van der Waals surface area contributed by atoms with Gasteiger partial charge in [0.15, 0.2) is 0 Å². The number of hydrogen-bond donors (Lipinski definition) is 0. The first kappa shape index (κ1) is 19.9. The molecule has 154 valence electrons. The zero-order chi connectivity index (χ0) is 21.1. The second-order valence-electron chi connectivity index (χ2n) is 10.0. The first-order valence-electron chi connectivity index (χ1n) is 11.4. The molecule has 3 nitrogen and oxygen atoms in total. The van der Waals surface area contributed by atoms with Gasteiger partial charge in [-0.1, -0.05) is 50.5 Å². The molecule has 0 radical (unpaired) electrons. The van der Waals surface area contributed by atoms with Crippen LogP contribution in [0, 0.1) is 17.2 Å². The summed E-state index contributed by atoms with van der Waals surface area (Å²) in [6.07, 6.45) is 6.21. The molecule has 5 rings (SSSR count). The summed E-state index contributed by atoms with van der Waals surface area (Å²) in [5, 5.41) is 9.50. The maximum absolute atomic E-state index is 9.50. The van der Waals surface area contributed by atoms with Gasteiger partial charge < -0.3 is 9.31 Å². The summed E-state index contributed by atoms with van der Waals surface area (Å²) in [4.78, 5) is 0. The van der Waals surface area contributed by atoms with Crippen LogP contribution in [0.5, 0.6) is 0 Å². The summed E-state index contributed by atoms with van der Waals surface area (Å²) >= 11 is 0. The van der Waals surface area contributed by atoms with Crippen LogP contribution in [0.4, 0.5) is 0 Å². The Morgan fingerprint density at radius 2 is 1.63 bits per heavy atom. The fourth-order valence-corrected chi connectivity index (χ4v) is 5.86. The normalized spacial score (nSPS) is 26.2. The topological polar surface area (TPSA) is 42.2 Å². The highest BCUT2D eigenvalue weighted by molar-refractivity contribution is 6.61. The van der Waals surface area contributed by atoms with Crippen molar-refractivity contribution < 1.29 is 9.31 Å². The molecule has 0 N–H and O–H groups in total. The third-order valence-electron chi connectivity index (χ3n) is 8.04. The number of hydrogen-bond acceptors (Lipinski definition) is 3. The molecule has 0 bridgehead atoms. The average molecular weight is 399 g/mol. The van der Waals surface area contributed by atoms with E-state index in [0.717, 1.165) is 23.9 Å². The molecule has 0 amide bonds. The SMILES string of the molecule is CC1OB(c2ccc3c(c2)C2(CCCCC2)c2cc(C#N)ccc2-3)OC(C)(C)C1C. The Bertz CT molecular complexity index is 1030. The van der Waals surface area contributed by atoms with Gasteiger partial charge in [0.1, 0.15) is 0 Å². The summed E-state index contributed by atoms with van der Waals surface area (Å²) in [5.74, 6) is 0.335. The zero-order valence-corrected chi connectivity index (χ0v) is 18.5. The average Bonchev–Trinajstić information content (AvgIpc) is 3.00. The fraction of sp³-hybridized carbons (Fsp3) is 0.500. The van der Waals surface area contributed by atoms with Crippen LogP contribution in [-0.4, -0.2) is 18.8 Å². The second-order valence-corrected chi connectivity index (χ2v) is 10.0. The minimum absolute atomic E-state index is 0.0227. The van der Waals surface area contributed by atoms with E-state index in [0.29, 0.717) is 5.92 Å². The molecule has 0 aromatic heterocycles. The molecule has 4 heteroatoms. The van der Waals surface area contributed by atoms with Crippen molar-refractivity contribution in [3.8, 4) is 17.2 Å². The van der Waals surface area contributed by atoms with Gasteiger partial charge in [0, 0.05) is 17.4 Å². The van der Waals surface area contributed by atoms with Gasteiger partial charge in [-0.15, -0.1) is 0 Å². The Morgan fingerprint density at radius 3 is 2.30 bits per heavy atom. The first-order valence-corrected chi connectivity index (χ1v) is 11.4. The third-order valence-corrected chi connectivity index (χ3v) is 8.04. The van der Waals surface area contributed by atoms with Gasteiger partial charge in [-0.05, 0) is 73.5 Å². The summed E-state index contributed by atoms with van der Waals surface area (Å²) in [5.41, 5.74) is 7.03. The summed E-state index contributed by atoms with van der Waals surface area (Å²) in [7, 11) is -0.337. The lowest BCUT2D eigenvalue weighted by Gasteiger charge is -2.44. The van der Waals surface area contributed by atoms with Crippen LogP contribution < -0.4 is 5.46 Å². The van der Waals surface area contributed by atoms with Crippen molar-refractivity contribution in [2.45, 2.75) is 76.9 Å². The van der Waals surface area contributed by atoms with E-state index in [1.165, 1.54) is 41.5 Å². The van der Waals surface area contributed by atoms with Gasteiger partial charge >= 0.3 is 7.12 Å². The monoisotopic (exact) mass is 399 g/mol. The molecule has 2 aromatic carbocycles. The van der Waals surface area contributed by atoms with E-state index in [2.05, 4.69) is 64.1 Å². The highest BCUT2D eigenvalue weighted by Gasteiger charge is 2.47. The lowest BCUT2D eigenvalue weighted by atomic mass is 9.65. The van der Waals surface area contributed by atoms with Crippen LogP contribution in [-0.2, 0) is 14.7 Å². The van der Waals surface area contributed by atoms with Gasteiger partial charge in [-0.3, -0.25) is 0 Å². The molecule has 1 spiro atoms. The van der Waals surface area contributed by atoms with Crippen molar-refractivity contribution in [1.82, 2.24) is 0 Å². The molecule has 2 aromatic rings. The van der Waals surface area contributed by atoms with Crippen molar-refractivity contribution in [3.63, 3.8) is 0 Å². The number of fused-ring (bicyclic) bond motifs is 5. The van der Waals surface area contributed by atoms with Crippen molar-refractivity contribution in [2.75, 3.05) is 0 Å². The predicted octanol–water partition coefficient (Wildman–Crippen LogP) is 5.33. The van der Waals surface area contributed by atoms with Crippen LogP contribution in [0.2, 0.25) is 0 Å². The molecule has 2 aliphatic carbocycles. The van der Waals surface area contributed by atoms with Crippen molar-refractivity contribution >= 4 is 12.6 Å². The number of nitrogens with zero attached hydrogens (tertiary/aromatic N) is 1. The Morgan fingerprint density at radius 1 is 0.967 bits per heavy atom. The van der Waals surface area contributed by atoms with Gasteiger partial charge in [0.25, 0.3) is 0 Å². The van der Waals surface area contributed by atoms with Crippen molar-refractivity contribution in [3.05, 3.63) is 53.1 Å². The van der Waals surface area contributed by atoms with Crippen LogP contribution in [0.3, 0.4) is 0 Å². The molecular formula is C26H30BNO2. The van der Waals surface area contributed by atoms with E-state index < -0.39 is 0 Å². The highest BCUT2D eigenvalue weighted by Crippen LogP contribution is 2.55. The van der Waals surface area contributed by atoms with Gasteiger partial charge in [-0.25, -0.2) is 0 Å². The first-order chi connectivity index (χ1) is 14.4. The van der Waals surface area contributed by atoms with E-state index in [4.69, 9.17) is 9.31 Å². The second kappa shape index (κ2) is 6.97. The smallest absolute Gasteiger partial charge is 0.404 e. The lowest BCUT2D eigenvalue weighted by Crippen LogP contribution is -2.56. The molecule has 1 saturated heterocycles. The molecule has 2 atom stereocenters. The van der Waals surface area contributed by atoms with E-state index in [1.807, 2.05) is 6.07 Å². The van der Waals surface area contributed by atoms with Gasteiger partial charge in [0.2, 0.25) is 0 Å². The Balaban J connectivity index is 1.61. The Kier molecular flexibility index (Phi) is 4.61. The number of rotatable bonds is 1. The minimum Gasteiger partial charge on any atom is -0.404 e. The predicted molar refractivity (Wildman–Crippen MR) is 121 cm³/mol. The van der Waals surface area contributed by atoms with Crippen LogP contribution in [0.15, 0.2) is 36.4 Å².